The monoisotopic (exact) mass is 427 g/mol. The smallest absolute Gasteiger partial charge is 0.306 e. The van der Waals surface area contributed by atoms with Gasteiger partial charge in [-0.3, -0.25) is 19.7 Å². The topological polar surface area (TPSA) is 121 Å². The second kappa shape index (κ2) is 10.1. The molecule has 0 saturated carbocycles. The Hall–Kier alpha value is -4.08. The normalized spacial score (nSPS) is 10.4. The van der Waals surface area contributed by atoms with E-state index in [-0.39, 0.29) is 35.9 Å². The summed E-state index contributed by atoms with van der Waals surface area (Å²) in [5, 5.41) is 5.90. The Labute approximate surface area is 176 Å². The lowest BCUT2D eigenvalue weighted by Crippen LogP contribution is -2.34. The van der Waals surface area contributed by atoms with Gasteiger partial charge in [0.1, 0.15) is 11.6 Å². The van der Waals surface area contributed by atoms with Crippen LogP contribution < -0.4 is 10.1 Å². The van der Waals surface area contributed by atoms with Crippen molar-refractivity contribution in [2.75, 3.05) is 13.7 Å². The van der Waals surface area contributed by atoms with Gasteiger partial charge >= 0.3 is 5.97 Å². The zero-order valence-corrected chi connectivity index (χ0v) is 16.5. The number of methoxy groups -OCH3 is 1. The van der Waals surface area contributed by atoms with Crippen molar-refractivity contribution in [3.63, 3.8) is 0 Å². The van der Waals surface area contributed by atoms with Crippen molar-refractivity contribution in [1.29, 1.82) is 0 Å². The van der Waals surface area contributed by atoms with Crippen molar-refractivity contribution in [2.24, 2.45) is 0 Å². The van der Waals surface area contributed by atoms with Gasteiger partial charge in [-0.15, -0.1) is 0 Å². The Balaban J connectivity index is 1.41. The highest BCUT2D eigenvalue weighted by atomic mass is 19.1. The van der Waals surface area contributed by atoms with E-state index >= 15 is 0 Å². The zero-order chi connectivity index (χ0) is 22.2. The molecule has 0 radical (unpaired) electrons. The van der Waals surface area contributed by atoms with E-state index in [9.17, 15) is 18.8 Å². The lowest BCUT2D eigenvalue weighted by molar-refractivity contribution is -0.148. The van der Waals surface area contributed by atoms with Crippen molar-refractivity contribution in [2.45, 2.75) is 12.8 Å². The van der Waals surface area contributed by atoms with Crippen molar-refractivity contribution in [3.8, 4) is 17.1 Å². The average Bonchev–Trinajstić information content (AvgIpc) is 3.26. The molecule has 31 heavy (non-hydrogen) atoms. The fourth-order valence-electron chi connectivity index (χ4n) is 2.48. The number of nitrogens with one attached hydrogen (secondary N) is 1. The average molecular weight is 427 g/mol. The number of rotatable bonds is 8. The van der Waals surface area contributed by atoms with Crippen LogP contribution in [0.25, 0.3) is 11.4 Å². The fourth-order valence-corrected chi connectivity index (χ4v) is 2.48. The highest BCUT2D eigenvalue weighted by Gasteiger charge is 2.15. The van der Waals surface area contributed by atoms with Gasteiger partial charge in [0.05, 0.1) is 13.5 Å². The molecule has 3 aromatic rings. The number of benzene rings is 2. The van der Waals surface area contributed by atoms with Crippen molar-refractivity contribution in [3.05, 3.63) is 65.8 Å². The summed E-state index contributed by atoms with van der Waals surface area (Å²) >= 11 is 0. The van der Waals surface area contributed by atoms with Crippen molar-refractivity contribution in [1.82, 2.24) is 15.5 Å². The Kier molecular flexibility index (Phi) is 7.05. The van der Waals surface area contributed by atoms with Crippen LogP contribution in [0, 0.1) is 5.82 Å². The lowest BCUT2D eigenvalue weighted by Gasteiger charge is -2.06. The van der Waals surface area contributed by atoms with E-state index in [0.717, 1.165) is 0 Å². The Bertz CT molecular complexity index is 1060. The summed E-state index contributed by atoms with van der Waals surface area (Å²) in [5.41, 5.74) is 0.825. The molecule has 0 aliphatic heterocycles. The van der Waals surface area contributed by atoms with E-state index in [1.807, 2.05) is 0 Å². The summed E-state index contributed by atoms with van der Waals surface area (Å²) in [5.74, 6) is -1.41. The van der Waals surface area contributed by atoms with E-state index in [2.05, 4.69) is 15.5 Å². The molecule has 160 valence electrons. The molecular weight excluding hydrogens is 409 g/mol. The summed E-state index contributed by atoms with van der Waals surface area (Å²) in [6.07, 6.45) is -0.00974. The molecule has 0 saturated heterocycles. The Morgan fingerprint density at radius 3 is 2.45 bits per heavy atom. The molecular formula is C21H18FN3O6. The minimum Gasteiger partial charge on any atom is -0.497 e. The fraction of sp³-hybridized carbons (Fsp3) is 0.190. The zero-order valence-electron chi connectivity index (χ0n) is 16.5. The molecule has 2 amide bonds. The van der Waals surface area contributed by atoms with Crippen LogP contribution in [0.5, 0.6) is 5.75 Å². The molecule has 0 aliphatic rings. The predicted molar refractivity (Wildman–Crippen MR) is 104 cm³/mol. The van der Waals surface area contributed by atoms with Crippen LogP contribution in [-0.4, -0.2) is 41.6 Å². The maximum absolute atomic E-state index is 13.0. The third kappa shape index (κ3) is 6.20. The minimum atomic E-state index is -0.759. The largest absolute Gasteiger partial charge is 0.497 e. The van der Waals surface area contributed by atoms with E-state index < -0.39 is 24.4 Å². The maximum Gasteiger partial charge on any atom is 0.306 e. The molecule has 0 spiro atoms. The third-order valence-electron chi connectivity index (χ3n) is 4.08. The Morgan fingerprint density at radius 1 is 1.06 bits per heavy atom. The van der Waals surface area contributed by atoms with Gasteiger partial charge < -0.3 is 14.0 Å². The molecule has 1 N–H and O–H groups in total. The molecule has 0 atom stereocenters. The first-order valence-corrected chi connectivity index (χ1v) is 9.17. The summed E-state index contributed by atoms with van der Waals surface area (Å²) in [6, 6.07) is 11.7. The van der Waals surface area contributed by atoms with E-state index in [0.29, 0.717) is 11.3 Å². The number of aromatic nitrogens is 2. The number of ether oxygens (including phenoxy) is 2. The van der Waals surface area contributed by atoms with Crippen LogP contribution in [0.4, 0.5) is 4.39 Å². The van der Waals surface area contributed by atoms with E-state index in [1.165, 1.54) is 43.5 Å². The van der Waals surface area contributed by atoms with Gasteiger partial charge in [0.25, 0.3) is 11.8 Å². The molecule has 1 heterocycles. The number of carbonyl (C=O) groups is 3. The van der Waals surface area contributed by atoms with Crippen molar-refractivity contribution >= 4 is 17.8 Å². The van der Waals surface area contributed by atoms with Gasteiger partial charge in [-0.05, 0) is 48.5 Å². The quantitative estimate of drug-likeness (QED) is 0.544. The highest BCUT2D eigenvalue weighted by molar-refractivity contribution is 6.05. The molecule has 0 unspecified atom stereocenters. The molecule has 0 fully saturated rings. The molecule has 9 nitrogen and oxygen atoms in total. The highest BCUT2D eigenvalue weighted by Crippen LogP contribution is 2.16. The number of hydrogen-bond acceptors (Lipinski definition) is 8. The van der Waals surface area contributed by atoms with Gasteiger partial charge in [0.2, 0.25) is 11.7 Å². The third-order valence-corrected chi connectivity index (χ3v) is 4.08. The number of halogens is 1. The standard InChI is InChI=1S/C21H18FN3O6/c1-29-16-8-4-14(5-9-16)21(28)23-17(26)12-30-19(27)11-10-18-24-20(25-31-18)13-2-6-15(22)7-3-13/h2-9H,10-12H2,1H3,(H,23,26,28). The molecule has 0 bridgehead atoms. The number of esters is 1. The molecule has 2 aromatic carbocycles. The number of nitrogens with zero attached hydrogens (tertiary/aromatic N) is 2. The molecule has 10 heteroatoms. The summed E-state index contributed by atoms with van der Waals surface area (Å²) in [7, 11) is 1.50. The second-order valence-corrected chi connectivity index (χ2v) is 6.29. The van der Waals surface area contributed by atoms with E-state index in [4.69, 9.17) is 14.0 Å². The second-order valence-electron chi connectivity index (χ2n) is 6.29. The summed E-state index contributed by atoms with van der Waals surface area (Å²) in [6.45, 7) is -0.606. The summed E-state index contributed by atoms with van der Waals surface area (Å²) < 4.78 is 27.9. The number of hydrogen-bond donors (Lipinski definition) is 1. The summed E-state index contributed by atoms with van der Waals surface area (Å²) in [4.78, 5) is 39.7. The van der Waals surface area contributed by atoms with Crippen LogP contribution >= 0.6 is 0 Å². The van der Waals surface area contributed by atoms with E-state index in [1.54, 1.807) is 12.1 Å². The molecule has 3 rings (SSSR count). The number of carbonyl (C=O) groups excluding carboxylic acids is 3. The number of amides is 2. The molecule has 1 aromatic heterocycles. The van der Waals surface area contributed by atoms with Crippen molar-refractivity contribution < 1.29 is 32.8 Å². The number of imide groups is 1. The lowest BCUT2D eigenvalue weighted by atomic mass is 10.2. The minimum absolute atomic E-state index is 0.0967. The van der Waals surface area contributed by atoms with Crippen LogP contribution in [0.3, 0.4) is 0 Å². The van der Waals surface area contributed by atoms with Crippen LogP contribution in [0.1, 0.15) is 22.7 Å². The van der Waals surface area contributed by atoms with Gasteiger partial charge in [-0.1, -0.05) is 5.16 Å². The van der Waals surface area contributed by atoms with Gasteiger partial charge in [-0.2, -0.15) is 4.98 Å². The van der Waals surface area contributed by atoms with Gasteiger partial charge in [0, 0.05) is 17.5 Å². The van der Waals surface area contributed by atoms with Crippen LogP contribution in [-0.2, 0) is 20.7 Å². The van der Waals surface area contributed by atoms with Crippen LogP contribution in [0.15, 0.2) is 53.1 Å². The molecule has 0 aliphatic carbocycles. The first-order valence-electron chi connectivity index (χ1n) is 9.17. The first kappa shape index (κ1) is 21.6. The Morgan fingerprint density at radius 2 is 1.77 bits per heavy atom. The predicted octanol–water partition coefficient (Wildman–Crippen LogP) is 2.32. The first-order chi connectivity index (χ1) is 14.9. The van der Waals surface area contributed by atoms with Crippen LogP contribution in [0.2, 0.25) is 0 Å². The SMILES string of the molecule is COc1ccc(C(=O)NC(=O)COC(=O)CCc2nc(-c3ccc(F)cc3)no2)cc1. The van der Waals surface area contributed by atoms with Gasteiger partial charge in [0.15, 0.2) is 6.61 Å². The number of aryl methyl sites for hydroxylation is 1. The van der Waals surface area contributed by atoms with Gasteiger partial charge in [-0.25, -0.2) is 4.39 Å². The maximum atomic E-state index is 13.0.